The van der Waals surface area contributed by atoms with Crippen LogP contribution in [0, 0.1) is 6.92 Å². The lowest BCUT2D eigenvalue weighted by Gasteiger charge is -2.21. The number of benzene rings is 1. The molecule has 3 aromatic rings. The topological polar surface area (TPSA) is 54.3 Å². The highest BCUT2D eigenvalue weighted by atomic mass is 32.1. The molecule has 144 valence electrons. The number of aromatic nitrogens is 3. The van der Waals surface area contributed by atoms with Crippen LogP contribution >= 0.6 is 11.3 Å². The Labute approximate surface area is 164 Å². The molecular formula is C20H27N5OS. The minimum absolute atomic E-state index is 0.0954. The summed E-state index contributed by atoms with van der Waals surface area (Å²) in [6.07, 6.45) is 0.986. The van der Waals surface area contributed by atoms with Crippen molar-refractivity contribution in [1.29, 1.82) is 0 Å². The van der Waals surface area contributed by atoms with Gasteiger partial charge < -0.3 is 4.90 Å². The van der Waals surface area contributed by atoms with Crippen molar-refractivity contribution < 1.29 is 4.79 Å². The van der Waals surface area contributed by atoms with E-state index in [9.17, 15) is 4.79 Å². The van der Waals surface area contributed by atoms with Crippen LogP contribution in [0.3, 0.4) is 0 Å². The molecule has 0 N–H and O–H groups in total. The molecule has 0 atom stereocenters. The average Bonchev–Trinajstić information content (AvgIpc) is 3.23. The van der Waals surface area contributed by atoms with Gasteiger partial charge in [-0.15, -0.1) is 0 Å². The lowest BCUT2D eigenvalue weighted by Crippen LogP contribution is -2.37. The van der Waals surface area contributed by atoms with Crippen molar-refractivity contribution in [2.45, 2.75) is 33.7 Å². The molecule has 0 radical (unpaired) electrons. The molecule has 0 unspecified atom stereocenters. The second-order valence-corrected chi connectivity index (χ2v) is 7.91. The van der Waals surface area contributed by atoms with Gasteiger partial charge in [-0.1, -0.05) is 24.3 Å². The Balaban J connectivity index is 1.98. The van der Waals surface area contributed by atoms with Gasteiger partial charge in [0.05, 0.1) is 10.2 Å². The van der Waals surface area contributed by atoms with Crippen molar-refractivity contribution in [3.8, 4) is 0 Å². The van der Waals surface area contributed by atoms with Crippen molar-refractivity contribution in [3.63, 3.8) is 0 Å². The SMILES string of the molecule is CCc1ccc2nc(N(CCN(C)C)C(=O)c3cc(C)n(CC)n3)sc2c1. The summed E-state index contributed by atoms with van der Waals surface area (Å²) in [6, 6.07) is 8.17. The molecule has 0 aliphatic heterocycles. The van der Waals surface area contributed by atoms with Crippen LogP contribution < -0.4 is 4.90 Å². The zero-order valence-electron chi connectivity index (χ0n) is 16.7. The molecule has 27 heavy (non-hydrogen) atoms. The minimum atomic E-state index is -0.0954. The maximum absolute atomic E-state index is 13.2. The summed E-state index contributed by atoms with van der Waals surface area (Å²) in [5.41, 5.74) is 3.68. The number of thiazole rings is 1. The van der Waals surface area contributed by atoms with Gasteiger partial charge >= 0.3 is 0 Å². The predicted octanol–water partition coefficient (Wildman–Crippen LogP) is 3.59. The fourth-order valence-corrected chi connectivity index (χ4v) is 4.00. The maximum Gasteiger partial charge on any atom is 0.280 e. The fraction of sp³-hybridized carbons (Fsp3) is 0.450. The van der Waals surface area contributed by atoms with Gasteiger partial charge in [0.1, 0.15) is 0 Å². The molecule has 2 aromatic heterocycles. The number of anilines is 1. The van der Waals surface area contributed by atoms with Crippen molar-refractivity contribution in [3.05, 3.63) is 41.2 Å². The first kappa shape index (κ1) is 19.5. The van der Waals surface area contributed by atoms with Gasteiger partial charge in [-0.3, -0.25) is 14.4 Å². The Kier molecular flexibility index (Phi) is 5.92. The molecule has 6 nitrogen and oxygen atoms in total. The third kappa shape index (κ3) is 4.20. The Morgan fingerprint density at radius 2 is 1.96 bits per heavy atom. The molecule has 3 rings (SSSR count). The Bertz CT molecular complexity index is 943. The van der Waals surface area contributed by atoms with E-state index in [-0.39, 0.29) is 5.91 Å². The number of amides is 1. The fourth-order valence-electron chi connectivity index (χ4n) is 2.95. The summed E-state index contributed by atoms with van der Waals surface area (Å²) in [5, 5.41) is 5.20. The summed E-state index contributed by atoms with van der Waals surface area (Å²) in [7, 11) is 4.01. The van der Waals surface area contributed by atoms with Crippen molar-refractivity contribution in [1.82, 2.24) is 19.7 Å². The average molecular weight is 386 g/mol. The van der Waals surface area contributed by atoms with Gasteiger partial charge in [-0.25, -0.2) is 4.98 Å². The highest BCUT2D eigenvalue weighted by Gasteiger charge is 2.24. The molecule has 0 spiro atoms. The van der Waals surface area contributed by atoms with E-state index in [2.05, 4.69) is 29.1 Å². The number of hydrogen-bond donors (Lipinski definition) is 0. The first-order valence-electron chi connectivity index (χ1n) is 9.33. The van der Waals surface area contributed by atoms with E-state index in [0.717, 1.165) is 40.6 Å². The number of hydrogen-bond acceptors (Lipinski definition) is 5. The summed E-state index contributed by atoms with van der Waals surface area (Å²) in [5.74, 6) is -0.0954. The number of carbonyl (C=O) groups is 1. The summed E-state index contributed by atoms with van der Waals surface area (Å²) >= 11 is 1.57. The second-order valence-electron chi connectivity index (χ2n) is 6.90. The van der Waals surface area contributed by atoms with Crippen LogP contribution in [-0.2, 0) is 13.0 Å². The van der Waals surface area contributed by atoms with Gasteiger partial charge in [0.25, 0.3) is 5.91 Å². The Hall–Kier alpha value is -2.25. The molecule has 1 amide bonds. The Morgan fingerprint density at radius 1 is 1.19 bits per heavy atom. The van der Waals surface area contributed by atoms with Crippen molar-refractivity contribution >= 4 is 32.6 Å². The zero-order chi connectivity index (χ0) is 19.6. The van der Waals surface area contributed by atoms with Crippen LogP contribution in [0.4, 0.5) is 5.13 Å². The van der Waals surface area contributed by atoms with E-state index in [1.165, 1.54) is 5.56 Å². The van der Waals surface area contributed by atoms with Crippen LogP contribution in [0.2, 0.25) is 0 Å². The number of nitrogens with zero attached hydrogens (tertiary/aromatic N) is 5. The van der Waals surface area contributed by atoms with E-state index in [1.807, 2.05) is 44.8 Å². The molecule has 7 heteroatoms. The van der Waals surface area contributed by atoms with E-state index in [4.69, 9.17) is 4.98 Å². The van der Waals surface area contributed by atoms with E-state index >= 15 is 0 Å². The normalized spacial score (nSPS) is 11.5. The van der Waals surface area contributed by atoms with Crippen LogP contribution in [0.25, 0.3) is 10.2 Å². The first-order chi connectivity index (χ1) is 12.9. The van der Waals surface area contributed by atoms with E-state index in [0.29, 0.717) is 12.2 Å². The van der Waals surface area contributed by atoms with Crippen LogP contribution in [0.15, 0.2) is 24.3 Å². The standard InChI is InChI=1S/C20H27N5OS/c1-6-15-8-9-16-18(13-15)27-20(21-16)24(11-10-23(4)5)19(26)17-12-14(3)25(7-2)22-17/h8-9,12-13H,6-7,10-11H2,1-5H3. The molecule has 0 saturated carbocycles. The van der Waals surface area contributed by atoms with Gasteiger partial charge in [-0.2, -0.15) is 5.10 Å². The highest BCUT2D eigenvalue weighted by Crippen LogP contribution is 2.30. The van der Waals surface area contributed by atoms with Crippen LogP contribution in [0.1, 0.15) is 35.6 Å². The monoisotopic (exact) mass is 385 g/mol. The number of fused-ring (bicyclic) bond motifs is 1. The van der Waals surface area contributed by atoms with E-state index < -0.39 is 0 Å². The summed E-state index contributed by atoms with van der Waals surface area (Å²) in [6.45, 7) is 8.22. The molecule has 1 aromatic carbocycles. The molecule has 2 heterocycles. The number of likely N-dealkylation sites (N-methyl/N-ethyl adjacent to an activating group) is 1. The molecule has 0 aliphatic carbocycles. The van der Waals surface area contributed by atoms with Crippen molar-refractivity contribution in [2.24, 2.45) is 0 Å². The van der Waals surface area contributed by atoms with Crippen molar-refractivity contribution in [2.75, 3.05) is 32.1 Å². The van der Waals surface area contributed by atoms with Gasteiger partial charge in [0.2, 0.25) is 0 Å². The number of aryl methyl sites for hydroxylation is 3. The number of carbonyl (C=O) groups excluding carboxylic acids is 1. The molecule has 0 aliphatic rings. The van der Waals surface area contributed by atoms with Gasteiger partial charge in [-0.05, 0) is 58.1 Å². The molecule has 0 saturated heterocycles. The smallest absolute Gasteiger partial charge is 0.280 e. The first-order valence-corrected chi connectivity index (χ1v) is 10.1. The zero-order valence-corrected chi connectivity index (χ0v) is 17.5. The number of rotatable bonds is 7. The van der Waals surface area contributed by atoms with Crippen LogP contribution in [0.5, 0.6) is 0 Å². The van der Waals surface area contributed by atoms with Crippen LogP contribution in [-0.4, -0.2) is 52.8 Å². The van der Waals surface area contributed by atoms with E-state index in [1.54, 1.807) is 16.2 Å². The molecular weight excluding hydrogens is 358 g/mol. The third-order valence-corrected chi connectivity index (χ3v) is 5.64. The predicted molar refractivity (Wildman–Crippen MR) is 112 cm³/mol. The van der Waals surface area contributed by atoms with Gasteiger partial charge in [0.15, 0.2) is 10.8 Å². The molecule has 0 fully saturated rings. The third-order valence-electron chi connectivity index (χ3n) is 4.60. The quantitative estimate of drug-likeness (QED) is 0.624. The molecule has 0 bridgehead atoms. The maximum atomic E-state index is 13.2. The Morgan fingerprint density at radius 3 is 2.59 bits per heavy atom. The lowest BCUT2D eigenvalue weighted by molar-refractivity contribution is 0.0979. The largest absolute Gasteiger partial charge is 0.308 e. The second kappa shape index (κ2) is 8.19. The minimum Gasteiger partial charge on any atom is -0.308 e. The van der Waals surface area contributed by atoms with Gasteiger partial charge in [0, 0.05) is 25.3 Å². The summed E-state index contributed by atoms with van der Waals surface area (Å²) < 4.78 is 2.96. The highest BCUT2D eigenvalue weighted by molar-refractivity contribution is 7.22. The summed E-state index contributed by atoms with van der Waals surface area (Å²) in [4.78, 5) is 21.8. The lowest BCUT2D eigenvalue weighted by atomic mass is 10.2.